The van der Waals surface area contributed by atoms with Crippen molar-refractivity contribution in [3.8, 4) is 22.6 Å². The van der Waals surface area contributed by atoms with Crippen LogP contribution in [0.25, 0.3) is 44.6 Å². The number of aromatic nitrogens is 4. The number of oxazole rings is 1. The molecule has 0 aliphatic heterocycles. The lowest BCUT2D eigenvalue weighted by molar-refractivity contribution is 0.620. The molecule has 6 heteroatoms. The highest BCUT2D eigenvalue weighted by atomic mass is 16.3. The normalized spacial score (nSPS) is 11.4. The largest absolute Gasteiger partial charge is 0.436 e. The molecule has 0 saturated heterocycles. The summed E-state index contributed by atoms with van der Waals surface area (Å²) in [7, 11) is 0. The van der Waals surface area contributed by atoms with Crippen LogP contribution in [-0.4, -0.2) is 20.2 Å². The van der Waals surface area contributed by atoms with Gasteiger partial charge in [0.1, 0.15) is 11.3 Å². The number of pyridine rings is 1. The number of nitrogens with zero attached hydrogens (tertiary/aromatic N) is 3. The minimum absolute atomic E-state index is 0.389. The Labute approximate surface area is 142 Å². The van der Waals surface area contributed by atoms with Gasteiger partial charge in [0.05, 0.1) is 17.3 Å². The van der Waals surface area contributed by atoms with E-state index < -0.39 is 0 Å². The van der Waals surface area contributed by atoms with Crippen LogP contribution in [0.2, 0.25) is 0 Å². The van der Waals surface area contributed by atoms with Gasteiger partial charge in [-0.3, -0.25) is 5.10 Å². The van der Waals surface area contributed by atoms with Crippen molar-refractivity contribution in [2.24, 2.45) is 0 Å². The van der Waals surface area contributed by atoms with Gasteiger partial charge in [0.15, 0.2) is 5.58 Å². The quantitative estimate of drug-likeness (QED) is 0.511. The Morgan fingerprint density at radius 1 is 0.960 bits per heavy atom. The molecule has 25 heavy (non-hydrogen) atoms. The first kappa shape index (κ1) is 13.7. The highest BCUT2D eigenvalue weighted by Crippen LogP contribution is 2.32. The molecule has 3 aromatic heterocycles. The van der Waals surface area contributed by atoms with Crippen molar-refractivity contribution in [1.82, 2.24) is 20.2 Å². The molecule has 0 aliphatic rings. The molecular formula is C19H13N5O. The van der Waals surface area contributed by atoms with Gasteiger partial charge in [0.25, 0.3) is 0 Å². The number of H-pyrrole nitrogens is 1. The fourth-order valence-corrected chi connectivity index (χ4v) is 2.91. The number of aromatic amines is 1. The molecule has 3 heterocycles. The van der Waals surface area contributed by atoms with E-state index in [-0.39, 0.29) is 0 Å². The van der Waals surface area contributed by atoms with Gasteiger partial charge >= 0.3 is 0 Å². The summed E-state index contributed by atoms with van der Waals surface area (Å²) in [5.41, 5.74) is 11.2. The Hall–Kier alpha value is -3.67. The summed E-state index contributed by atoms with van der Waals surface area (Å²) in [5.74, 6) is 0.858. The van der Waals surface area contributed by atoms with E-state index in [0.717, 1.165) is 33.1 Å². The molecule has 0 amide bonds. The molecule has 3 N–H and O–H groups in total. The number of anilines is 1. The zero-order chi connectivity index (χ0) is 16.8. The zero-order valence-corrected chi connectivity index (χ0v) is 13.1. The molecule has 0 fully saturated rings. The highest BCUT2D eigenvalue weighted by Gasteiger charge is 2.13. The van der Waals surface area contributed by atoms with E-state index >= 15 is 0 Å². The summed E-state index contributed by atoms with van der Waals surface area (Å²) < 4.78 is 5.84. The van der Waals surface area contributed by atoms with E-state index in [1.54, 1.807) is 12.4 Å². The fraction of sp³-hybridized carbons (Fsp3) is 0. The van der Waals surface area contributed by atoms with Crippen LogP contribution in [0.15, 0.2) is 65.3 Å². The molecule has 0 atom stereocenters. The second-order valence-corrected chi connectivity index (χ2v) is 5.82. The van der Waals surface area contributed by atoms with E-state index in [1.807, 2.05) is 42.5 Å². The first-order valence-electron chi connectivity index (χ1n) is 7.83. The number of fused-ring (bicyclic) bond motifs is 2. The van der Waals surface area contributed by atoms with Crippen LogP contribution in [0.3, 0.4) is 0 Å². The standard InChI is InChI=1S/C19H13N5O/c20-18-14(19-23-16-3-1-2-4-17(16)25-19)8-12(9-21-18)11-5-6-15-13(7-11)10-22-24-15/h1-10H,(H2,20,21)(H,22,24). The molecule has 0 spiro atoms. The molecule has 0 bridgehead atoms. The molecule has 6 nitrogen and oxygen atoms in total. The Morgan fingerprint density at radius 3 is 2.80 bits per heavy atom. The summed E-state index contributed by atoms with van der Waals surface area (Å²) in [6.07, 6.45) is 3.55. The molecule has 2 aromatic carbocycles. The zero-order valence-electron chi connectivity index (χ0n) is 13.1. The number of nitrogens with one attached hydrogen (secondary N) is 1. The SMILES string of the molecule is Nc1ncc(-c2ccc3[nH]ncc3c2)cc1-c1nc2ccccc2o1. The number of nitrogen functional groups attached to an aromatic ring is 1. The van der Waals surface area contributed by atoms with Crippen molar-refractivity contribution >= 4 is 27.8 Å². The Morgan fingerprint density at radius 2 is 1.88 bits per heavy atom. The topological polar surface area (TPSA) is 93.6 Å². The first-order valence-corrected chi connectivity index (χ1v) is 7.83. The highest BCUT2D eigenvalue weighted by molar-refractivity contribution is 5.86. The van der Waals surface area contributed by atoms with Gasteiger partial charge in [-0.25, -0.2) is 9.97 Å². The monoisotopic (exact) mass is 327 g/mol. The van der Waals surface area contributed by atoms with Crippen molar-refractivity contribution < 1.29 is 4.42 Å². The molecule has 0 aliphatic carbocycles. The maximum absolute atomic E-state index is 6.07. The predicted molar refractivity (Wildman–Crippen MR) is 96.7 cm³/mol. The van der Waals surface area contributed by atoms with Crippen LogP contribution in [0, 0.1) is 0 Å². The molecular weight excluding hydrogens is 314 g/mol. The summed E-state index contributed by atoms with van der Waals surface area (Å²) in [6.45, 7) is 0. The van der Waals surface area contributed by atoms with Gasteiger partial charge in [0, 0.05) is 17.1 Å². The number of nitrogens with two attached hydrogens (primary N) is 1. The maximum atomic E-state index is 6.07. The van der Waals surface area contributed by atoms with E-state index in [4.69, 9.17) is 10.2 Å². The Kier molecular flexibility index (Phi) is 2.84. The van der Waals surface area contributed by atoms with Crippen molar-refractivity contribution in [2.75, 3.05) is 5.73 Å². The summed E-state index contributed by atoms with van der Waals surface area (Å²) in [6, 6.07) is 15.6. The van der Waals surface area contributed by atoms with Crippen molar-refractivity contribution in [1.29, 1.82) is 0 Å². The predicted octanol–water partition coefficient (Wildman–Crippen LogP) is 4.02. The second-order valence-electron chi connectivity index (χ2n) is 5.82. The molecule has 0 unspecified atom stereocenters. The fourth-order valence-electron chi connectivity index (χ4n) is 2.91. The number of hydrogen-bond donors (Lipinski definition) is 2. The lowest BCUT2D eigenvalue weighted by Gasteiger charge is -2.06. The summed E-state index contributed by atoms with van der Waals surface area (Å²) >= 11 is 0. The van der Waals surface area contributed by atoms with Gasteiger partial charge in [0.2, 0.25) is 5.89 Å². The number of benzene rings is 2. The van der Waals surface area contributed by atoms with Crippen molar-refractivity contribution in [2.45, 2.75) is 0 Å². The van der Waals surface area contributed by atoms with Gasteiger partial charge in [-0.15, -0.1) is 0 Å². The summed E-state index contributed by atoms with van der Waals surface area (Å²) in [5, 5.41) is 8.04. The van der Waals surface area contributed by atoms with Crippen LogP contribution in [-0.2, 0) is 0 Å². The third-order valence-electron chi connectivity index (χ3n) is 4.22. The summed E-state index contributed by atoms with van der Waals surface area (Å²) in [4.78, 5) is 8.84. The Balaban J connectivity index is 1.66. The van der Waals surface area contributed by atoms with E-state index in [1.165, 1.54) is 0 Å². The average molecular weight is 327 g/mol. The van der Waals surface area contributed by atoms with Crippen LogP contribution < -0.4 is 5.73 Å². The smallest absolute Gasteiger partial charge is 0.231 e. The van der Waals surface area contributed by atoms with E-state index in [0.29, 0.717) is 17.3 Å². The third kappa shape index (κ3) is 2.23. The van der Waals surface area contributed by atoms with Crippen LogP contribution >= 0.6 is 0 Å². The minimum Gasteiger partial charge on any atom is -0.436 e. The van der Waals surface area contributed by atoms with Crippen molar-refractivity contribution in [3.05, 3.63) is 60.9 Å². The van der Waals surface area contributed by atoms with E-state index in [2.05, 4.69) is 26.2 Å². The van der Waals surface area contributed by atoms with Gasteiger partial charge in [-0.1, -0.05) is 18.2 Å². The third-order valence-corrected chi connectivity index (χ3v) is 4.22. The molecule has 120 valence electrons. The molecule has 5 rings (SSSR count). The van der Waals surface area contributed by atoms with Crippen LogP contribution in [0.1, 0.15) is 0 Å². The minimum atomic E-state index is 0.389. The van der Waals surface area contributed by atoms with Crippen LogP contribution in [0.5, 0.6) is 0 Å². The molecule has 5 aromatic rings. The average Bonchev–Trinajstić information content (AvgIpc) is 3.28. The van der Waals surface area contributed by atoms with Gasteiger partial charge in [-0.2, -0.15) is 5.10 Å². The second kappa shape index (κ2) is 5.17. The van der Waals surface area contributed by atoms with Gasteiger partial charge in [-0.05, 0) is 35.9 Å². The van der Waals surface area contributed by atoms with Crippen molar-refractivity contribution in [3.63, 3.8) is 0 Å². The molecule has 0 saturated carbocycles. The Bertz CT molecular complexity index is 1190. The number of rotatable bonds is 2. The number of para-hydroxylation sites is 2. The number of hydrogen-bond acceptors (Lipinski definition) is 5. The van der Waals surface area contributed by atoms with E-state index in [9.17, 15) is 0 Å². The lowest BCUT2D eigenvalue weighted by Crippen LogP contribution is -1.95. The molecule has 0 radical (unpaired) electrons. The lowest BCUT2D eigenvalue weighted by atomic mass is 10.0. The first-order chi connectivity index (χ1) is 12.3. The van der Waals surface area contributed by atoms with Gasteiger partial charge < -0.3 is 10.2 Å². The van der Waals surface area contributed by atoms with Crippen LogP contribution in [0.4, 0.5) is 5.82 Å². The maximum Gasteiger partial charge on any atom is 0.231 e.